The first-order chi connectivity index (χ1) is 26.7. The van der Waals surface area contributed by atoms with E-state index in [2.05, 4.69) is 146 Å². The Morgan fingerprint density at radius 1 is 0.370 bits per heavy atom. The van der Waals surface area contributed by atoms with E-state index >= 15 is 0 Å². The van der Waals surface area contributed by atoms with Crippen LogP contribution in [0.25, 0.3) is 109 Å². The number of para-hydroxylation sites is 2. The normalized spacial score (nSPS) is 11.7. The summed E-state index contributed by atoms with van der Waals surface area (Å²) in [5.41, 5.74) is 9.15. The summed E-state index contributed by atoms with van der Waals surface area (Å²) >= 11 is 1.80. The summed E-state index contributed by atoms with van der Waals surface area (Å²) in [5.74, 6) is 1.91. The van der Waals surface area contributed by atoms with Gasteiger partial charge in [0.15, 0.2) is 17.5 Å². The summed E-state index contributed by atoms with van der Waals surface area (Å²) in [5, 5.41) is 7.07. The highest BCUT2D eigenvalue weighted by molar-refractivity contribution is 7.26. The highest BCUT2D eigenvalue weighted by atomic mass is 32.1. The van der Waals surface area contributed by atoms with Crippen molar-refractivity contribution < 1.29 is 4.42 Å². The molecule has 0 aliphatic heterocycles. The molecule has 4 nitrogen and oxygen atoms in total. The number of nitrogens with zero attached hydrogens (tertiary/aromatic N) is 3. The van der Waals surface area contributed by atoms with Crippen LogP contribution < -0.4 is 0 Å². The van der Waals surface area contributed by atoms with Crippen LogP contribution in [-0.4, -0.2) is 15.0 Å². The van der Waals surface area contributed by atoms with Gasteiger partial charge in [0.05, 0.1) is 0 Å². The minimum Gasteiger partial charge on any atom is -0.455 e. The van der Waals surface area contributed by atoms with Gasteiger partial charge in [-0.05, 0) is 51.7 Å². The number of fused-ring (bicyclic) bond motifs is 7. The van der Waals surface area contributed by atoms with E-state index in [1.807, 2.05) is 30.3 Å². The molecule has 3 heterocycles. The number of furan rings is 1. The zero-order valence-corrected chi connectivity index (χ0v) is 29.7. The zero-order valence-electron chi connectivity index (χ0n) is 28.9. The molecule has 8 aromatic carbocycles. The van der Waals surface area contributed by atoms with Crippen LogP contribution in [0.15, 0.2) is 180 Å². The molecule has 0 saturated heterocycles. The second-order valence-electron chi connectivity index (χ2n) is 13.5. The van der Waals surface area contributed by atoms with Gasteiger partial charge in [0.2, 0.25) is 0 Å². The van der Waals surface area contributed by atoms with E-state index in [0.29, 0.717) is 17.5 Å². The molecule has 252 valence electrons. The fourth-order valence-corrected chi connectivity index (χ4v) is 8.89. The van der Waals surface area contributed by atoms with E-state index in [1.165, 1.54) is 36.7 Å². The maximum atomic E-state index is 6.36. The minimum atomic E-state index is 0.625. The maximum absolute atomic E-state index is 6.36. The third-order valence-corrected chi connectivity index (χ3v) is 11.5. The molecule has 0 atom stereocenters. The van der Waals surface area contributed by atoms with E-state index in [4.69, 9.17) is 19.4 Å². The first-order valence-corrected chi connectivity index (χ1v) is 18.8. The van der Waals surface area contributed by atoms with E-state index in [0.717, 1.165) is 55.1 Å². The van der Waals surface area contributed by atoms with Gasteiger partial charge in [0.1, 0.15) is 11.2 Å². The second kappa shape index (κ2) is 12.3. The highest BCUT2D eigenvalue weighted by Crippen LogP contribution is 2.42. The summed E-state index contributed by atoms with van der Waals surface area (Å²) < 4.78 is 8.79. The Hall–Kier alpha value is -6.95. The van der Waals surface area contributed by atoms with Crippen molar-refractivity contribution in [1.29, 1.82) is 0 Å². The molecular weight excluding hydrogens is 679 g/mol. The third-order valence-electron chi connectivity index (χ3n) is 10.4. The molecule has 0 fully saturated rings. The lowest BCUT2D eigenvalue weighted by atomic mass is 9.96. The molecule has 5 heteroatoms. The Morgan fingerprint density at radius 3 is 1.85 bits per heavy atom. The van der Waals surface area contributed by atoms with Gasteiger partial charge in [-0.2, -0.15) is 0 Å². The molecule has 0 aliphatic rings. The minimum absolute atomic E-state index is 0.625. The number of hydrogen-bond acceptors (Lipinski definition) is 5. The summed E-state index contributed by atoms with van der Waals surface area (Å²) in [6.07, 6.45) is 0. The Balaban J connectivity index is 1.07. The van der Waals surface area contributed by atoms with Crippen molar-refractivity contribution in [2.75, 3.05) is 0 Å². The lowest BCUT2D eigenvalue weighted by molar-refractivity contribution is 0.670. The monoisotopic (exact) mass is 707 g/mol. The maximum Gasteiger partial charge on any atom is 0.164 e. The Bertz CT molecular complexity index is 3210. The van der Waals surface area contributed by atoms with Crippen molar-refractivity contribution in [3.63, 3.8) is 0 Å². The van der Waals surface area contributed by atoms with Crippen LogP contribution in [-0.2, 0) is 0 Å². The Morgan fingerprint density at radius 2 is 0.981 bits per heavy atom. The smallest absolute Gasteiger partial charge is 0.164 e. The molecule has 0 bridgehead atoms. The van der Waals surface area contributed by atoms with Crippen LogP contribution in [0.4, 0.5) is 0 Å². The number of thiophene rings is 1. The summed E-state index contributed by atoms with van der Waals surface area (Å²) in [6.45, 7) is 0. The molecule has 0 unspecified atom stereocenters. The predicted molar refractivity (Wildman–Crippen MR) is 225 cm³/mol. The highest BCUT2D eigenvalue weighted by Gasteiger charge is 2.18. The predicted octanol–water partition coefficient (Wildman–Crippen LogP) is 13.6. The summed E-state index contributed by atoms with van der Waals surface area (Å²) in [7, 11) is 0. The molecule has 54 heavy (non-hydrogen) atoms. The van der Waals surface area contributed by atoms with Crippen LogP contribution >= 0.6 is 11.3 Å². The van der Waals surface area contributed by atoms with Crippen LogP contribution in [0, 0.1) is 0 Å². The third kappa shape index (κ3) is 5.01. The fourth-order valence-electron chi connectivity index (χ4n) is 7.77. The van der Waals surface area contributed by atoms with Crippen molar-refractivity contribution in [2.45, 2.75) is 0 Å². The van der Waals surface area contributed by atoms with Gasteiger partial charge >= 0.3 is 0 Å². The fraction of sp³-hybridized carbons (Fsp3) is 0. The molecule has 0 amide bonds. The number of benzene rings is 8. The number of hydrogen-bond donors (Lipinski definition) is 0. The van der Waals surface area contributed by atoms with Gasteiger partial charge in [-0.15, -0.1) is 11.3 Å². The van der Waals surface area contributed by atoms with Crippen LogP contribution in [0.3, 0.4) is 0 Å². The van der Waals surface area contributed by atoms with Gasteiger partial charge in [-0.1, -0.05) is 152 Å². The lowest BCUT2D eigenvalue weighted by Gasteiger charge is -2.11. The van der Waals surface area contributed by atoms with Gasteiger partial charge in [-0.25, -0.2) is 15.0 Å². The van der Waals surface area contributed by atoms with E-state index in [-0.39, 0.29) is 0 Å². The topological polar surface area (TPSA) is 51.8 Å². The molecule has 0 saturated carbocycles. The average molecular weight is 708 g/mol. The van der Waals surface area contributed by atoms with Crippen LogP contribution in [0.1, 0.15) is 0 Å². The average Bonchev–Trinajstić information content (AvgIpc) is 3.82. The molecule has 0 radical (unpaired) electrons. The van der Waals surface area contributed by atoms with Gasteiger partial charge < -0.3 is 4.42 Å². The molecule has 0 N–H and O–H groups in total. The van der Waals surface area contributed by atoms with Gasteiger partial charge in [0, 0.05) is 53.2 Å². The lowest BCUT2D eigenvalue weighted by Crippen LogP contribution is -2.00. The van der Waals surface area contributed by atoms with Crippen LogP contribution in [0.5, 0.6) is 0 Å². The zero-order chi connectivity index (χ0) is 35.6. The molecule has 0 spiro atoms. The Labute approximate surface area is 314 Å². The molecule has 11 aromatic rings. The molecule has 11 rings (SSSR count). The Kier molecular flexibility index (Phi) is 7.00. The molecule has 3 aromatic heterocycles. The number of rotatable bonds is 5. The summed E-state index contributed by atoms with van der Waals surface area (Å²) in [6, 6.07) is 61.5. The van der Waals surface area contributed by atoms with E-state index in [1.54, 1.807) is 11.3 Å². The van der Waals surface area contributed by atoms with E-state index in [9.17, 15) is 0 Å². The molecule has 0 aliphatic carbocycles. The first-order valence-electron chi connectivity index (χ1n) is 18.0. The molecular formula is C49H29N3OS. The van der Waals surface area contributed by atoms with Crippen molar-refractivity contribution in [1.82, 2.24) is 15.0 Å². The van der Waals surface area contributed by atoms with Crippen molar-refractivity contribution in [3.05, 3.63) is 176 Å². The van der Waals surface area contributed by atoms with Crippen molar-refractivity contribution in [2.24, 2.45) is 0 Å². The van der Waals surface area contributed by atoms with Gasteiger partial charge in [0.25, 0.3) is 0 Å². The van der Waals surface area contributed by atoms with Gasteiger partial charge in [-0.3, -0.25) is 0 Å². The SMILES string of the molecule is c1ccc(-c2nc(-c3ccc(-c4cccc5c4oc4ccccc45)cc3)nc(-c3cccc4sc5ccc(-c6cccc7ccccc67)cc5c34)n2)cc1. The largest absolute Gasteiger partial charge is 0.455 e. The van der Waals surface area contributed by atoms with Crippen molar-refractivity contribution in [3.8, 4) is 56.4 Å². The first kappa shape index (κ1) is 30.7. The second-order valence-corrected chi connectivity index (χ2v) is 14.6. The summed E-state index contributed by atoms with van der Waals surface area (Å²) in [4.78, 5) is 15.4. The quantitative estimate of drug-likeness (QED) is 0.179. The van der Waals surface area contributed by atoms with Crippen LogP contribution in [0.2, 0.25) is 0 Å². The standard InChI is InChI=1S/C49H29N3OS/c1-2-12-32(13-3-1)47-50-48(33-25-23-31(24-26-33)37-18-9-19-39-38-16-6-7-21-42(38)53-46(37)39)52-49(51-47)40-20-10-22-44-45(40)41-29-34(27-28-43(41)54-44)36-17-8-14-30-11-4-5-15-35(30)36/h1-29H. The number of aromatic nitrogens is 3. The van der Waals surface area contributed by atoms with E-state index < -0.39 is 0 Å². The van der Waals surface area contributed by atoms with Crippen molar-refractivity contribution >= 4 is 64.2 Å².